The van der Waals surface area contributed by atoms with E-state index < -0.39 is 0 Å². The van der Waals surface area contributed by atoms with Crippen LogP contribution in [0.1, 0.15) is 28.3 Å². The van der Waals surface area contributed by atoms with Crippen molar-refractivity contribution in [1.82, 2.24) is 9.88 Å². The molecule has 0 spiro atoms. The third-order valence-electron chi connectivity index (χ3n) is 2.90. The predicted molar refractivity (Wildman–Crippen MR) is 62.8 cm³/mol. The zero-order valence-corrected chi connectivity index (χ0v) is 10.4. The molecular formula is C11H16N2O2S. The Morgan fingerprint density at radius 3 is 2.75 bits per heavy atom. The summed E-state index contributed by atoms with van der Waals surface area (Å²) in [5.41, 5.74) is 0.582. The fourth-order valence-corrected chi connectivity index (χ4v) is 2.51. The molecule has 0 aliphatic carbocycles. The number of piperidine rings is 1. The van der Waals surface area contributed by atoms with Crippen molar-refractivity contribution in [2.24, 2.45) is 0 Å². The van der Waals surface area contributed by atoms with Crippen LogP contribution in [-0.4, -0.2) is 42.1 Å². The number of carbonyl (C=O) groups excluding carboxylic acids is 1. The SMILES string of the molecule is COC1CCN(C(=O)c2csc(C)n2)CC1. The van der Waals surface area contributed by atoms with Crippen molar-refractivity contribution >= 4 is 17.2 Å². The van der Waals surface area contributed by atoms with Gasteiger partial charge in [-0.15, -0.1) is 11.3 Å². The lowest BCUT2D eigenvalue weighted by Crippen LogP contribution is -2.40. The average Bonchev–Trinajstić information content (AvgIpc) is 2.75. The second-order valence-corrected chi connectivity index (χ2v) is 5.04. The number of thiazole rings is 1. The standard InChI is InChI=1S/C11H16N2O2S/c1-8-12-10(7-16-8)11(14)13-5-3-9(15-2)4-6-13/h7,9H,3-6H2,1-2H3. The lowest BCUT2D eigenvalue weighted by molar-refractivity contribution is 0.0348. The maximum absolute atomic E-state index is 12.0. The molecule has 0 bridgehead atoms. The highest BCUT2D eigenvalue weighted by Gasteiger charge is 2.24. The minimum atomic E-state index is 0.0545. The molecule has 88 valence electrons. The van der Waals surface area contributed by atoms with E-state index in [1.165, 1.54) is 11.3 Å². The Morgan fingerprint density at radius 1 is 1.56 bits per heavy atom. The number of ether oxygens (including phenoxy) is 1. The topological polar surface area (TPSA) is 42.4 Å². The van der Waals surface area contributed by atoms with E-state index in [0.29, 0.717) is 11.8 Å². The van der Waals surface area contributed by atoms with Crippen molar-refractivity contribution in [2.45, 2.75) is 25.9 Å². The molecule has 1 aromatic rings. The molecule has 0 saturated carbocycles. The summed E-state index contributed by atoms with van der Waals surface area (Å²) in [5.74, 6) is 0.0545. The van der Waals surface area contributed by atoms with Crippen molar-refractivity contribution in [3.63, 3.8) is 0 Å². The second-order valence-electron chi connectivity index (χ2n) is 3.98. The predicted octanol–water partition coefficient (Wildman–Crippen LogP) is 1.70. The zero-order chi connectivity index (χ0) is 11.5. The van der Waals surface area contributed by atoms with Crippen molar-refractivity contribution in [3.8, 4) is 0 Å². The Balaban J connectivity index is 1.96. The number of methoxy groups -OCH3 is 1. The molecule has 5 heteroatoms. The molecule has 0 aromatic carbocycles. The third kappa shape index (κ3) is 2.41. The Kier molecular flexibility index (Phi) is 3.56. The molecule has 2 heterocycles. The van der Waals surface area contributed by atoms with Gasteiger partial charge in [0.05, 0.1) is 11.1 Å². The van der Waals surface area contributed by atoms with Crippen LogP contribution in [0, 0.1) is 6.92 Å². The molecule has 1 aliphatic heterocycles. The average molecular weight is 240 g/mol. The molecule has 4 nitrogen and oxygen atoms in total. The normalized spacial score (nSPS) is 17.8. The first-order valence-corrected chi connectivity index (χ1v) is 6.33. The van der Waals surface area contributed by atoms with Crippen LogP contribution in [0.3, 0.4) is 0 Å². The van der Waals surface area contributed by atoms with E-state index in [-0.39, 0.29) is 5.91 Å². The lowest BCUT2D eigenvalue weighted by atomic mass is 10.1. The highest BCUT2D eigenvalue weighted by atomic mass is 32.1. The summed E-state index contributed by atoms with van der Waals surface area (Å²) in [6.07, 6.45) is 2.15. The smallest absolute Gasteiger partial charge is 0.273 e. The second kappa shape index (κ2) is 4.93. The molecular weight excluding hydrogens is 224 g/mol. The molecule has 0 atom stereocenters. The van der Waals surface area contributed by atoms with Crippen LogP contribution < -0.4 is 0 Å². The summed E-state index contributed by atoms with van der Waals surface area (Å²) in [4.78, 5) is 18.1. The Hall–Kier alpha value is -0.940. The maximum Gasteiger partial charge on any atom is 0.273 e. The van der Waals surface area contributed by atoms with Crippen LogP contribution in [-0.2, 0) is 4.74 Å². The van der Waals surface area contributed by atoms with Crippen LogP contribution in [0.25, 0.3) is 0 Å². The van der Waals surface area contributed by atoms with E-state index in [1.807, 2.05) is 17.2 Å². The first-order chi connectivity index (χ1) is 7.70. The molecule has 16 heavy (non-hydrogen) atoms. The van der Waals surface area contributed by atoms with Gasteiger partial charge in [0, 0.05) is 25.6 Å². The number of likely N-dealkylation sites (tertiary alicyclic amines) is 1. The first-order valence-electron chi connectivity index (χ1n) is 5.45. The van der Waals surface area contributed by atoms with Gasteiger partial charge < -0.3 is 9.64 Å². The van der Waals surface area contributed by atoms with E-state index in [0.717, 1.165) is 30.9 Å². The van der Waals surface area contributed by atoms with Crippen LogP contribution in [0.2, 0.25) is 0 Å². The maximum atomic E-state index is 12.0. The number of hydrogen-bond acceptors (Lipinski definition) is 4. The van der Waals surface area contributed by atoms with Crippen molar-refractivity contribution < 1.29 is 9.53 Å². The van der Waals surface area contributed by atoms with Crippen LogP contribution in [0.15, 0.2) is 5.38 Å². The molecule has 1 aliphatic rings. The number of hydrogen-bond donors (Lipinski definition) is 0. The Bertz CT molecular complexity index is 370. The summed E-state index contributed by atoms with van der Waals surface area (Å²) < 4.78 is 5.28. The number of aryl methyl sites for hydroxylation is 1. The van der Waals surface area contributed by atoms with Crippen molar-refractivity contribution in [1.29, 1.82) is 0 Å². The van der Waals surface area contributed by atoms with Crippen LogP contribution >= 0.6 is 11.3 Å². The number of amides is 1. The van der Waals surface area contributed by atoms with E-state index in [1.54, 1.807) is 7.11 Å². The van der Waals surface area contributed by atoms with Gasteiger partial charge in [0.15, 0.2) is 0 Å². The number of rotatable bonds is 2. The Morgan fingerprint density at radius 2 is 2.25 bits per heavy atom. The largest absolute Gasteiger partial charge is 0.381 e. The molecule has 1 amide bonds. The highest BCUT2D eigenvalue weighted by molar-refractivity contribution is 7.09. The molecule has 0 N–H and O–H groups in total. The van der Waals surface area contributed by atoms with Crippen LogP contribution in [0.5, 0.6) is 0 Å². The lowest BCUT2D eigenvalue weighted by Gasteiger charge is -2.30. The van der Waals surface area contributed by atoms with Gasteiger partial charge in [-0.3, -0.25) is 4.79 Å². The number of aromatic nitrogens is 1. The molecule has 1 fully saturated rings. The quantitative estimate of drug-likeness (QED) is 0.790. The molecule has 0 radical (unpaired) electrons. The fourth-order valence-electron chi connectivity index (χ4n) is 1.92. The molecule has 0 unspecified atom stereocenters. The number of nitrogens with zero attached hydrogens (tertiary/aromatic N) is 2. The summed E-state index contributed by atoms with van der Waals surface area (Å²) in [6.45, 7) is 3.46. The van der Waals surface area contributed by atoms with Gasteiger partial charge in [-0.05, 0) is 19.8 Å². The van der Waals surface area contributed by atoms with Crippen LogP contribution in [0.4, 0.5) is 0 Å². The summed E-state index contributed by atoms with van der Waals surface area (Å²) in [5, 5.41) is 2.77. The highest BCUT2D eigenvalue weighted by Crippen LogP contribution is 2.16. The van der Waals surface area contributed by atoms with Gasteiger partial charge in [0.1, 0.15) is 5.69 Å². The fraction of sp³-hybridized carbons (Fsp3) is 0.636. The summed E-state index contributed by atoms with van der Waals surface area (Å²) >= 11 is 1.52. The van der Waals surface area contributed by atoms with Gasteiger partial charge in [-0.25, -0.2) is 4.98 Å². The molecule has 1 aromatic heterocycles. The van der Waals surface area contributed by atoms with Gasteiger partial charge in [0.25, 0.3) is 5.91 Å². The third-order valence-corrected chi connectivity index (χ3v) is 3.67. The van der Waals surface area contributed by atoms with Crippen molar-refractivity contribution in [3.05, 3.63) is 16.1 Å². The number of carbonyl (C=O) groups is 1. The van der Waals surface area contributed by atoms with Gasteiger partial charge in [-0.1, -0.05) is 0 Å². The monoisotopic (exact) mass is 240 g/mol. The van der Waals surface area contributed by atoms with E-state index in [4.69, 9.17) is 4.74 Å². The Labute approximate surface area is 99.2 Å². The van der Waals surface area contributed by atoms with Gasteiger partial charge >= 0.3 is 0 Å². The first kappa shape index (κ1) is 11.5. The van der Waals surface area contributed by atoms with E-state index >= 15 is 0 Å². The zero-order valence-electron chi connectivity index (χ0n) is 9.60. The molecule has 1 saturated heterocycles. The van der Waals surface area contributed by atoms with E-state index in [2.05, 4.69) is 4.98 Å². The molecule has 2 rings (SSSR count). The summed E-state index contributed by atoms with van der Waals surface area (Å²) in [6, 6.07) is 0. The van der Waals surface area contributed by atoms with E-state index in [9.17, 15) is 4.79 Å². The van der Waals surface area contributed by atoms with Gasteiger partial charge in [0.2, 0.25) is 0 Å². The minimum Gasteiger partial charge on any atom is -0.381 e. The van der Waals surface area contributed by atoms with Crippen molar-refractivity contribution in [2.75, 3.05) is 20.2 Å². The van der Waals surface area contributed by atoms with Gasteiger partial charge in [-0.2, -0.15) is 0 Å². The summed E-state index contributed by atoms with van der Waals surface area (Å²) in [7, 11) is 1.73. The minimum absolute atomic E-state index is 0.0545.